The fraction of sp³-hybridized carbons (Fsp3) is 0.636. The normalized spacial score (nSPS) is 16.0. The van der Waals surface area contributed by atoms with E-state index in [2.05, 4.69) is 50.2 Å². The van der Waals surface area contributed by atoms with Gasteiger partial charge in [-0.05, 0) is 85.1 Å². The van der Waals surface area contributed by atoms with Crippen LogP contribution in [0.2, 0.25) is 0 Å². The molecule has 31 heavy (non-hydrogen) atoms. The van der Waals surface area contributed by atoms with Gasteiger partial charge < -0.3 is 14.7 Å². The molecule has 0 radical (unpaired) electrons. The number of phosphoric acid groups is 2. The molecular formula is C22H40O7P2. The molecule has 180 valence electrons. The van der Waals surface area contributed by atoms with Crippen LogP contribution in [0.1, 0.15) is 86.5 Å². The summed E-state index contributed by atoms with van der Waals surface area (Å²) in [5.41, 5.74) is 5.93. The van der Waals surface area contributed by atoms with E-state index in [0.29, 0.717) is 6.42 Å². The molecule has 0 aromatic heterocycles. The van der Waals surface area contributed by atoms with E-state index < -0.39 is 15.6 Å². The van der Waals surface area contributed by atoms with Crippen LogP contribution in [-0.4, -0.2) is 21.3 Å². The van der Waals surface area contributed by atoms with Crippen LogP contribution >= 0.6 is 15.6 Å². The van der Waals surface area contributed by atoms with E-state index >= 15 is 0 Å². The minimum atomic E-state index is -5.10. The average molecular weight is 479 g/mol. The van der Waals surface area contributed by atoms with Crippen LogP contribution in [0.5, 0.6) is 0 Å². The number of allylic oxidation sites excluding steroid dienone is 7. The second-order valence-electron chi connectivity index (χ2n) is 8.05. The van der Waals surface area contributed by atoms with Crippen molar-refractivity contribution in [2.24, 2.45) is 0 Å². The molecule has 0 aromatic carbocycles. The third-order valence-electron chi connectivity index (χ3n) is 4.78. The zero-order valence-corrected chi connectivity index (χ0v) is 21.5. The van der Waals surface area contributed by atoms with E-state index in [1.54, 1.807) is 0 Å². The van der Waals surface area contributed by atoms with Gasteiger partial charge in [0.1, 0.15) is 0 Å². The number of hydrogen-bond donors (Lipinski definition) is 3. The molecule has 0 aliphatic carbocycles. The molecule has 1 atom stereocenters. The van der Waals surface area contributed by atoms with Gasteiger partial charge >= 0.3 is 15.6 Å². The highest BCUT2D eigenvalue weighted by molar-refractivity contribution is 7.60. The monoisotopic (exact) mass is 478 g/mol. The summed E-state index contributed by atoms with van der Waals surface area (Å²) in [7, 11) is -9.92. The van der Waals surface area contributed by atoms with Crippen molar-refractivity contribution in [1.82, 2.24) is 0 Å². The van der Waals surface area contributed by atoms with E-state index in [4.69, 9.17) is 14.3 Å². The summed E-state index contributed by atoms with van der Waals surface area (Å²) in [5.74, 6) is 0. The van der Waals surface area contributed by atoms with Gasteiger partial charge in [-0.1, -0.05) is 47.4 Å². The summed E-state index contributed by atoms with van der Waals surface area (Å²) in [6, 6.07) is 0. The van der Waals surface area contributed by atoms with Gasteiger partial charge in [0, 0.05) is 0 Å². The Morgan fingerprint density at radius 2 is 1.29 bits per heavy atom. The molecule has 1 unspecified atom stereocenters. The highest BCUT2D eigenvalue weighted by Crippen LogP contribution is 2.57. The fourth-order valence-electron chi connectivity index (χ4n) is 2.90. The van der Waals surface area contributed by atoms with Crippen LogP contribution in [0.4, 0.5) is 0 Å². The second-order valence-corrected chi connectivity index (χ2v) is 10.9. The van der Waals surface area contributed by atoms with Crippen molar-refractivity contribution in [2.75, 3.05) is 6.61 Å². The first-order chi connectivity index (χ1) is 14.3. The highest BCUT2D eigenvalue weighted by Gasteiger charge is 2.32. The van der Waals surface area contributed by atoms with E-state index in [1.165, 1.54) is 16.7 Å². The zero-order chi connectivity index (χ0) is 24.1. The number of hydrogen-bond acceptors (Lipinski definition) is 4. The molecule has 0 amide bonds. The molecule has 0 aliphatic heterocycles. The van der Waals surface area contributed by atoms with Crippen molar-refractivity contribution >= 4 is 15.6 Å². The SMILES string of the molecule is CCC(COP(=O)(O)OP(=O)(O)O)=C(C)CC/C=C(\C)CC/C=C(\C)CCC=C(C)C. The summed E-state index contributed by atoms with van der Waals surface area (Å²) >= 11 is 0. The molecule has 9 heteroatoms. The molecule has 3 N–H and O–H groups in total. The van der Waals surface area contributed by atoms with Crippen molar-refractivity contribution in [3.8, 4) is 0 Å². The highest BCUT2D eigenvalue weighted by atomic mass is 31.3. The smallest absolute Gasteiger partial charge is 0.302 e. The van der Waals surface area contributed by atoms with Gasteiger partial charge in [-0.25, -0.2) is 9.13 Å². The standard InChI is InChI=1S/C22H40O7P2/c1-7-22(17-28-31(26,27)29-30(23,24)25)21(6)16-10-15-20(5)14-9-13-19(4)12-8-11-18(2)3/h11,13,15H,7-10,12,14,16-17H2,1-6H3,(H,26,27)(H2,23,24,25)/b19-13+,20-15+,22-21?. The summed E-state index contributed by atoms with van der Waals surface area (Å²) < 4.78 is 30.9. The summed E-state index contributed by atoms with van der Waals surface area (Å²) in [6.45, 7) is 12.1. The van der Waals surface area contributed by atoms with Gasteiger partial charge in [0.15, 0.2) is 0 Å². The van der Waals surface area contributed by atoms with Gasteiger partial charge in [-0.15, -0.1) is 0 Å². The Balaban J connectivity index is 4.55. The molecule has 0 rings (SSSR count). The maximum atomic E-state index is 11.6. The fourth-order valence-corrected chi connectivity index (χ4v) is 4.48. The average Bonchev–Trinajstić information content (AvgIpc) is 2.59. The van der Waals surface area contributed by atoms with Crippen LogP contribution in [-0.2, 0) is 18.0 Å². The first-order valence-corrected chi connectivity index (χ1v) is 13.6. The van der Waals surface area contributed by atoms with E-state index in [-0.39, 0.29) is 6.61 Å². The molecule has 0 bridgehead atoms. The van der Waals surface area contributed by atoms with Crippen molar-refractivity contribution in [2.45, 2.75) is 86.5 Å². The Morgan fingerprint density at radius 1 is 0.806 bits per heavy atom. The molecule has 7 nitrogen and oxygen atoms in total. The van der Waals surface area contributed by atoms with Crippen molar-refractivity contribution in [3.63, 3.8) is 0 Å². The Kier molecular flexibility index (Phi) is 14.7. The lowest BCUT2D eigenvalue weighted by atomic mass is 10.0. The van der Waals surface area contributed by atoms with Crippen LogP contribution in [0.25, 0.3) is 0 Å². The van der Waals surface area contributed by atoms with Crippen molar-refractivity contribution in [3.05, 3.63) is 46.1 Å². The molecule has 0 spiro atoms. The van der Waals surface area contributed by atoms with Crippen molar-refractivity contribution < 1.29 is 32.6 Å². The van der Waals surface area contributed by atoms with Crippen LogP contribution in [0.3, 0.4) is 0 Å². The molecular weight excluding hydrogens is 438 g/mol. The topological polar surface area (TPSA) is 113 Å². The molecule has 0 aromatic rings. The Labute approximate surface area is 187 Å². The summed E-state index contributed by atoms with van der Waals surface area (Å²) in [5, 5.41) is 0. The second kappa shape index (κ2) is 15.1. The van der Waals surface area contributed by atoms with Gasteiger partial charge in [0.25, 0.3) is 0 Å². The lowest BCUT2D eigenvalue weighted by Crippen LogP contribution is -2.01. The predicted octanol–water partition coefficient (Wildman–Crippen LogP) is 7.14. The van der Waals surface area contributed by atoms with Gasteiger partial charge in [0.05, 0.1) is 6.61 Å². The number of rotatable bonds is 15. The van der Waals surface area contributed by atoms with Crippen LogP contribution < -0.4 is 0 Å². The lowest BCUT2D eigenvalue weighted by Gasteiger charge is -2.15. The van der Waals surface area contributed by atoms with Crippen molar-refractivity contribution in [1.29, 1.82) is 0 Å². The minimum Gasteiger partial charge on any atom is -0.302 e. The lowest BCUT2D eigenvalue weighted by molar-refractivity contribution is 0.187. The maximum absolute atomic E-state index is 11.6. The first-order valence-electron chi connectivity index (χ1n) is 10.6. The van der Waals surface area contributed by atoms with Crippen LogP contribution in [0.15, 0.2) is 46.1 Å². The molecule has 0 saturated heterocycles. The van der Waals surface area contributed by atoms with Crippen LogP contribution in [0, 0.1) is 0 Å². The summed E-state index contributed by atoms with van der Waals surface area (Å²) in [6.07, 6.45) is 13.2. The first kappa shape index (κ1) is 30.2. The zero-order valence-electron chi connectivity index (χ0n) is 19.8. The molecule has 0 fully saturated rings. The van der Waals surface area contributed by atoms with Gasteiger partial charge in [-0.2, -0.15) is 4.31 Å². The Morgan fingerprint density at radius 3 is 1.74 bits per heavy atom. The van der Waals surface area contributed by atoms with Gasteiger partial charge in [0.2, 0.25) is 0 Å². The Bertz CT molecular complexity index is 769. The minimum absolute atomic E-state index is 0.213. The Hall–Kier alpha value is -0.780. The van der Waals surface area contributed by atoms with Gasteiger partial charge in [-0.3, -0.25) is 4.52 Å². The molecule has 0 aliphatic rings. The molecule has 0 heterocycles. The number of phosphoric ester groups is 1. The largest absolute Gasteiger partial charge is 0.481 e. The third-order valence-corrected chi connectivity index (χ3v) is 6.91. The maximum Gasteiger partial charge on any atom is 0.481 e. The van der Waals surface area contributed by atoms with E-state index in [0.717, 1.165) is 49.7 Å². The summed E-state index contributed by atoms with van der Waals surface area (Å²) in [4.78, 5) is 26.7. The molecule has 0 saturated carbocycles. The quantitative estimate of drug-likeness (QED) is 0.169. The predicted molar refractivity (Wildman–Crippen MR) is 127 cm³/mol. The van der Waals surface area contributed by atoms with E-state index in [9.17, 15) is 14.0 Å². The van der Waals surface area contributed by atoms with E-state index in [1.807, 2.05) is 13.8 Å². The third kappa shape index (κ3) is 17.5.